The number of oxime groups is 1. The van der Waals surface area contributed by atoms with Gasteiger partial charge < -0.3 is 43.9 Å². The monoisotopic (exact) mass is 566 g/mol. The molecule has 198 valence electrons. The van der Waals surface area contributed by atoms with E-state index in [1.165, 1.54) is 23.8 Å². The SMILES string of the molecule is CON=C(C(=O)N[C@@H]1C(=O)N2C(C(=O)[S-])=C(C3CCN4C[NH+](CC(N)=O)CC34)CS[C@H]12)c1csc(N)n1. The summed E-state index contributed by atoms with van der Waals surface area (Å²) in [5.41, 5.74) is 12.3. The van der Waals surface area contributed by atoms with Gasteiger partial charge in [-0.3, -0.25) is 19.3 Å². The molecule has 37 heavy (non-hydrogen) atoms. The van der Waals surface area contributed by atoms with Crippen molar-refractivity contribution in [1.82, 2.24) is 20.1 Å². The number of aromatic nitrogens is 1. The summed E-state index contributed by atoms with van der Waals surface area (Å²) in [5, 5.41) is 7.23. The van der Waals surface area contributed by atoms with E-state index in [0.29, 0.717) is 5.75 Å². The van der Waals surface area contributed by atoms with Crippen molar-refractivity contribution < 1.29 is 28.9 Å². The van der Waals surface area contributed by atoms with Crippen molar-refractivity contribution in [3.63, 3.8) is 0 Å². The van der Waals surface area contributed by atoms with Crippen molar-refractivity contribution in [3.05, 3.63) is 22.3 Å². The number of fused-ring (bicyclic) bond motifs is 2. The zero-order chi connectivity index (χ0) is 26.4. The number of thioether (sulfide) groups is 1. The lowest BCUT2D eigenvalue weighted by molar-refractivity contribution is -0.884. The second kappa shape index (κ2) is 10.2. The molecule has 0 bridgehead atoms. The van der Waals surface area contributed by atoms with E-state index in [4.69, 9.17) is 28.9 Å². The molecule has 3 unspecified atom stereocenters. The van der Waals surface area contributed by atoms with Crippen molar-refractivity contribution >= 4 is 69.4 Å². The van der Waals surface area contributed by atoms with Gasteiger partial charge in [0, 0.05) is 23.6 Å². The second-order valence-electron chi connectivity index (χ2n) is 9.25. The Morgan fingerprint density at radius 2 is 2.19 bits per heavy atom. The number of nitrogen functional groups attached to an aromatic ring is 1. The second-order valence-corrected chi connectivity index (χ2v) is 11.6. The third-order valence-electron chi connectivity index (χ3n) is 7.10. The van der Waals surface area contributed by atoms with E-state index in [0.717, 1.165) is 48.0 Å². The number of carbonyl (C=O) groups is 4. The van der Waals surface area contributed by atoms with Crippen LogP contribution < -0.4 is 21.7 Å². The fourth-order valence-corrected chi connectivity index (χ4v) is 7.84. The van der Waals surface area contributed by atoms with E-state index in [9.17, 15) is 19.2 Å². The quantitative estimate of drug-likeness (QED) is 0.109. The van der Waals surface area contributed by atoms with E-state index in [1.807, 2.05) is 0 Å². The van der Waals surface area contributed by atoms with Gasteiger partial charge in [0.05, 0.1) is 23.4 Å². The molecule has 5 atom stereocenters. The van der Waals surface area contributed by atoms with Crippen LogP contribution in [0.4, 0.5) is 5.13 Å². The number of primary amides is 1. The zero-order valence-electron chi connectivity index (χ0n) is 19.8. The van der Waals surface area contributed by atoms with Crippen LogP contribution in [0.5, 0.6) is 0 Å². The number of quaternary nitrogens is 1. The third-order valence-corrected chi connectivity index (χ3v) is 9.27. The first-order valence-electron chi connectivity index (χ1n) is 11.6. The molecule has 3 saturated heterocycles. The van der Waals surface area contributed by atoms with Gasteiger partial charge in [-0.15, -0.1) is 23.1 Å². The largest absolute Gasteiger partial charge is 0.735 e. The highest BCUT2D eigenvalue weighted by Crippen LogP contribution is 2.45. The first-order chi connectivity index (χ1) is 17.7. The Morgan fingerprint density at radius 1 is 1.41 bits per heavy atom. The van der Waals surface area contributed by atoms with Gasteiger partial charge in [-0.2, -0.15) is 0 Å². The van der Waals surface area contributed by atoms with Crippen molar-refractivity contribution in [1.29, 1.82) is 0 Å². The number of β-lactam (4-membered cyclic amide) rings is 1. The maximum Gasteiger partial charge on any atom is 0.276 e. The van der Waals surface area contributed by atoms with Gasteiger partial charge in [0.25, 0.3) is 17.7 Å². The molecule has 5 heterocycles. The number of thiazole rings is 1. The molecule has 6 N–H and O–H groups in total. The minimum Gasteiger partial charge on any atom is -0.735 e. The summed E-state index contributed by atoms with van der Waals surface area (Å²) in [6.45, 7) is 2.55. The molecule has 3 amide bonds. The molecule has 0 spiro atoms. The van der Waals surface area contributed by atoms with Gasteiger partial charge in [0.2, 0.25) is 0 Å². The zero-order valence-corrected chi connectivity index (χ0v) is 22.3. The molecular weight excluding hydrogens is 540 g/mol. The Labute approximate surface area is 226 Å². The molecule has 4 aliphatic heterocycles. The van der Waals surface area contributed by atoms with Crippen molar-refractivity contribution in [3.8, 4) is 0 Å². The normalized spacial score (nSPS) is 29.5. The van der Waals surface area contributed by atoms with Gasteiger partial charge in [-0.25, -0.2) is 9.88 Å². The van der Waals surface area contributed by atoms with E-state index < -0.39 is 28.3 Å². The van der Waals surface area contributed by atoms with Gasteiger partial charge >= 0.3 is 0 Å². The summed E-state index contributed by atoms with van der Waals surface area (Å²) < 4.78 is 0. The smallest absolute Gasteiger partial charge is 0.276 e. The number of hydrogen-bond donors (Lipinski definition) is 4. The minimum atomic E-state index is -0.858. The highest BCUT2D eigenvalue weighted by atomic mass is 32.2. The predicted molar refractivity (Wildman–Crippen MR) is 138 cm³/mol. The lowest BCUT2D eigenvalue weighted by Gasteiger charge is -2.51. The molecule has 5 rings (SSSR count). The summed E-state index contributed by atoms with van der Waals surface area (Å²) in [6.07, 6.45) is 0.844. The van der Waals surface area contributed by atoms with Gasteiger partial charge in [-0.05, 0) is 12.0 Å². The molecule has 0 saturated carbocycles. The molecule has 0 aromatic carbocycles. The van der Waals surface area contributed by atoms with E-state index >= 15 is 0 Å². The highest BCUT2D eigenvalue weighted by molar-refractivity contribution is 8.00. The third kappa shape index (κ3) is 4.67. The van der Waals surface area contributed by atoms with E-state index in [2.05, 4.69) is 20.4 Å². The number of nitrogens with one attached hydrogen (secondary N) is 2. The lowest BCUT2D eigenvalue weighted by Crippen LogP contribution is -3.12. The molecule has 1 aromatic rings. The van der Waals surface area contributed by atoms with Gasteiger partial charge in [-0.1, -0.05) is 5.16 Å². The number of nitrogens with zero attached hydrogens (tertiary/aromatic N) is 4. The summed E-state index contributed by atoms with van der Waals surface area (Å²) in [4.78, 5) is 63.9. The number of amides is 3. The maximum absolute atomic E-state index is 13.2. The maximum atomic E-state index is 13.2. The fourth-order valence-electron chi connectivity index (χ4n) is 5.63. The average molecular weight is 567 g/mol. The molecule has 0 aliphatic carbocycles. The average Bonchev–Trinajstić information content (AvgIpc) is 3.55. The molecule has 13 nitrogen and oxygen atoms in total. The number of hydrogen-bond acceptors (Lipinski definition) is 12. The standard InChI is InChI=1S/C21H26N8O5S3/c1-34-26-14(11-7-37-21(23)24-11)17(31)25-15-18(32)29-16(20(33)35)10(6-36-19(15)29)9-2-3-28-8-27(4-12(9)28)5-13(22)30/h7,9,12,15,19H,2-6,8H2,1H3,(H2,22,30)(H2,23,24)(H,25,31)(H,33,35)/t9?,12?,15-,19-/m1/s1. The first kappa shape index (κ1) is 25.8. The fraction of sp³-hybridized carbons (Fsp3) is 0.524. The predicted octanol–water partition coefficient (Wildman–Crippen LogP) is -3.16. The summed E-state index contributed by atoms with van der Waals surface area (Å²) in [5.74, 6) is -0.825. The van der Waals surface area contributed by atoms with Gasteiger partial charge in [0.15, 0.2) is 17.4 Å². The first-order valence-corrected chi connectivity index (χ1v) is 13.9. The van der Waals surface area contributed by atoms with Crippen LogP contribution in [-0.2, 0) is 36.6 Å². The Hall–Kier alpha value is -2.79. The van der Waals surface area contributed by atoms with Crippen molar-refractivity contribution in [2.24, 2.45) is 16.8 Å². The van der Waals surface area contributed by atoms with Crippen LogP contribution in [-0.4, -0.2) is 100.0 Å². The lowest BCUT2D eigenvalue weighted by atomic mass is 9.89. The molecular formula is C21H26N8O5S3. The van der Waals surface area contributed by atoms with Crippen molar-refractivity contribution in [2.45, 2.75) is 23.9 Å². The number of carbonyl (C=O) groups excluding carboxylic acids is 4. The highest BCUT2D eigenvalue weighted by Gasteiger charge is 2.55. The Balaban J connectivity index is 1.33. The van der Waals surface area contributed by atoms with Crippen LogP contribution in [0.25, 0.3) is 0 Å². The Kier molecular flexibility index (Phi) is 7.10. The molecule has 16 heteroatoms. The molecule has 0 radical (unpaired) electrons. The van der Waals surface area contributed by atoms with Crippen LogP contribution >= 0.6 is 23.1 Å². The number of nitrogens with two attached hydrogens (primary N) is 2. The van der Waals surface area contributed by atoms with Crippen molar-refractivity contribution in [2.75, 3.05) is 44.9 Å². The summed E-state index contributed by atoms with van der Waals surface area (Å²) >= 11 is 7.71. The van der Waals surface area contributed by atoms with Crippen LogP contribution in [0, 0.1) is 5.92 Å². The number of rotatable bonds is 8. The van der Waals surface area contributed by atoms with Crippen LogP contribution in [0.1, 0.15) is 12.1 Å². The summed E-state index contributed by atoms with van der Waals surface area (Å²) in [7, 11) is 1.30. The minimum absolute atomic E-state index is 0.0535. The van der Waals surface area contributed by atoms with Crippen LogP contribution in [0.2, 0.25) is 0 Å². The van der Waals surface area contributed by atoms with Crippen LogP contribution in [0.15, 0.2) is 21.8 Å². The van der Waals surface area contributed by atoms with E-state index in [1.54, 1.807) is 5.38 Å². The summed E-state index contributed by atoms with van der Waals surface area (Å²) in [6, 6.07) is -0.709. The van der Waals surface area contributed by atoms with Gasteiger partial charge in [0.1, 0.15) is 30.9 Å². The molecule has 3 fully saturated rings. The molecule has 4 aliphatic rings. The topological polar surface area (TPSA) is 178 Å². The number of anilines is 1. The van der Waals surface area contributed by atoms with Crippen LogP contribution in [0.3, 0.4) is 0 Å². The van der Waals surface area contributed by atoms with E-state index in [-0.39, 0.29) is 46.6 Å². The Morgan fingerprint density at radius 3 is 2.84 bits per heavy atom. The molecule has 1 aromatic heterocycles. The Bertz CT molecular complexity index is 1220.